The molecule has 0 radical (unpaired) electrons. The largest absolute Gasteiger partial charge is 0.489 e. The number of halogens is 1. The average Bonchev–Trinajstić information content (AvgIpc) is 2.82. The SMILES string of the molecule is CCNC(c1sccc1C)C(C)Oc1cccc(Cl)c1. The van der Waals surface area contributed by atoms with Gasteiger partial charge in [-0.1, -0.05) is 24.6 Å². The molecule has 2 nitrogen and oxygen atoms in total. The standard InChI is InChI=1S/C16H20ClNOS/c1-4-18-15(16-11(2)8-9-20-16)12(3)19-14-7-5-6-13(17)10-14/h5-10,12,15,18H,4H2,1-3H3. The van der Waals surface area contributed by atoms with Crippen LogP contribution in [0.1, 0.15) is 30.3 Å². The van der Waals surface area contributed by atoms with E-state index in [1.807, 2.05) is 24.3 Å². The van der Waals surface area contributed by atoms with E-state index in [-0.39, 0.29) is 12.1 Å². The van der Waals surface area contributed by atoms with Gasteiger partial charge in [-0.15, -0.1) is 11.3 Å². The van der Waals surface area contributed by atoms with Gasteiger partial charge in [0.15, 0.2) is 0 Å². The van der Waals surface area contributed by atoms with Gasteiger partial charge in [0.2, 0.25) is 0 Å². The van der Waals surface area contributed by atoms with Crippen molar-refractivity contribution < 1.29 is 4.74 Å². The highest BCUT2D eigenvalue weighted by Crippen LogP contribution is 2.29. The van der Waals surface area contributed by atoms with Gasteiger partial charge in [-0.2, -0.15) is 0 Å². The second kappa shape index (κ2) is 7.11. The molecule has 0 saturated carbocycles. The predicted octanol–water partition coefficient (Wildman–Crippen LogP) is 4.83. The minimum atomic E-state index is 0.0331. The van der Waals surface area contributed by atoms with Crippen molar-refractivity contribution in [3.8, 4) is 5.75 Å². The zero-order valence-corrected chi connectivity index (χ0v) is 13.6. The topological polar surface area (TPSA) is 21.3 Å². The van der Waals surface area contributed by atoms with E-state index in [1.54, 1.807) is 11.3 Å². The number of nitrogens with one attached hydrogen (secondary N) is 1. The van der Waals surface area contributed by atoms with Crippen molar-refractivity contribution in [3.63, 3.8) is 0 Å². The molecule has 1 heterocycles. The molecule has 4 heteroatoms. The molecule has 0 saturated heterocycles. The number of ether oxygens (including phenoxy) is 1. The quantitative estimate of drug-likeness (QED) is 0.825. The third kappa shape index (κ3) is 3.75. The van der Waals surface area contributed by atoms with Crippen molar-refractivity contribution in [1.29, 1.82) is 0 Å². The summed E-state index contributed by atoms with van der Waals surface area (Å²) in [5.74, 6) is 0.808. The van der Waals surface area contributed by atoms with E-state index in [2.05, 4.69) is 37.5 Å². The van der Waals surface area contributed by atoms with E-state index < -0.39 is 0 Å². The first-order valence-corrected chi connectivity index (χ1v) is 8.07. The molecule has 1 aromatic heterocycles. The van der Waals surface area contributed by atoms with E-state index >= 15 is 0 Å². The molecule has 0 amide bonds. The van der Waals surface area contributed by atoms with Gasteiger partial charge in [0.1, 0.15) is 11.9 Å². The van der Waals surface area contributed by atoms with Gasteiger partial charge in [-0.05, 0) is 55.6 Å². The first-order valence-electron chi connectivity index (χ1n) is 6.81. The summed E-state index contributed by atoms with van der Waals surface area (Å²) in [4.78, 5) is 1.33. The number of thiophene rings is 1. The Morgan fingerprint density at radius 1 is 1.35 bits per heavy atom. The molecule has 1 aromatic carbocycles. The Morgan fingerprint density at radius 3 is 2.75 bits per heavy atom. The second-order valence-corrected chi connectivity index (χ2v) is 6.17. The highest BCUT2D eigenvalue weighted by atomic mass is 35.5. The number of hydrogen-bond donors (Lipinski definition) is 1. The zero-order chi connectivity index (χ0) is 14.5. The minimum Gasteiger partial charge on any atom is -0.489 e. The van der Waals surface area contributed by atoms with Crippen molar-refractivity contribution in [2.45, 2.75) is 32.9 Å². The Kier molecular flexibility index (Phi) is 5.46. The molecule has 108 valence electrons. The molecule has 0 aliphatic carbocycles. The molecule has 0 aliphatic rings. The smallest absolute Gasteiger partial charge is 0.121 e. The molecule has 0 bridgehead atoms. The van der Waals surface area contributed by atoms with Crippen molar-refractivity contribution in [2.24, 2.45) is 0 Å². The van der Waals surface area contributed by atoms with E-state index in [0.29, 0.717) is 5.02 Å². The maximum absolute atomic E-state index is 6.05. The Morgan fingerprint density at radius 2 is 2.15 bits per heavy atom. The fraction of sp³-hybridized carbons (Fsp3) is 0.375. The van der Waals surface area contributed by atoms with Gasteiger partial charge in [0.25, 0.3) is 0 Å². The molecule has 2 rings (SSSR count). The second-order valence-electron chi connectivity index (χ2n) is 4.78. The lowest BCUT2D eigenvalue weighted by atomic mass is 10.1. The van der Waals surface area contributed by atoms with Crippen LogP contribution < -0.4 is 10.1 Å². The van der Waals surface area contributed by atoms with Crippen molar-refractivity contribution in [3.05, 3.63) is 51.2 Å². The van der Waals surface area contributed by atoms with Crippen molar-refractivity contribution in [1.82, 2.24) is 5.32 Å². The van der Waals surface area contributed by atoms with E-state index in [9.17, 15) is 0 Å². The lowest BCUT2D eigenvalue weighted by molar-refractivity contribution is 0.173. The number of aryl methyl sites for hydroxylation is 1. The van der Waals surface area contributed by atoms with Gasteiger partial charge < -0.3 is 10.1 Å². The lowest BCUT2D eigenvalue weighted by Crippen LogP contribution is -2.33. The Bertz CT molecular complexity index is 555. The van der Waals surface area contributed by atoms with Crippen molar-refractivity contribution >= 4 is 22.9 Å². The molecule has 2 aromatic rings. The molecule has 2 atom stereocenters. The van der Waals surface area contributed by atoms with Crippen LogP contribution in [0.25, 0.3) is 0 Å². The van der Waals surface area contributed by atoms with Gasteiger partial charge in [0.05, 0.1) is 6.04 Å². The van der Waals surface area contributed by atoms with Gasteiger partial charge in [-0.25, -0.2) is 0 Å². The Hall–Kier alpha value is -1.03. The van der Waals surface area contributed by atoms with E-state index in [4.69, 9.17) is 16.3 Å². The van der Waals surface area contributed by atoms with E-state index in [0.717, 1.165) is 12.3 Å². The summed E-state index contributed by atoms with van der Waals surface area (Å²) in [5.41, 5.74) is 1.31. The number of benzene rings is 1. The summed E-state index contributed by atoms with van der Waals surface area (Å²) in [7, 11) is 0. The van der Waals surface area contributed by atoms with E-state index in [1.165, 1.54) is 10.4 Å². The van der Waals surface area contributed by atoms with Gasteiger partial charge in [0, 0.05) is 9.90 Å². The zero-order valence-electron chi connectivity index (χ0n) is 12.0. The summed E-state index contributed by atoms with van der Waals surface area (Å²) >= 11 is 7.77. The van der Waals surface area contributed by atoms with Gasteiger partial charge >= 0.3 is 0 Å². The van der Waals surface area contributed by atoms with Crippen molar-refractivity contribution in [2.75, 3.05) is 6.54 Å². The fourth-order valence-corrected chi connectivity index (χ4v) is 3.49. The number of rotatable bonds is 6. The first kappa shape index (κ1) is 15.4. The van der Waals surface area contributed by atoms with Crippen LogP contribution in [0.2, 0.25) is 5.02 Å². The molecule has 1 N–H and O–H groups in total. The maximum Gasteiger partial charge on any atom is 0.121 e. The Labute approximate surface area is 129 Å². The summed E-state index contributed by atoms with van der Waals surface area (Å²) in [6, 6.07) is 9.89. The van der Waals surface area contributed by atoms with Crippen LogP contribution in [-0.2, 0) is 0 Å². The monoisotopic (exact) mass is 309 g/mol. The fourth-order valence-electron chi connectivity index (χ4n) is 2.22. The summed E-state index contributed by atoms with van der Waals surface area (Å²) in [5, 5.41) is 6.34. The minimum absolute atomic E-state index is 0.0331. The lowest BCUT2D eigenvalue weighted by Gasteiger charge is -2.25. The predicted molar refractivity (Wildman–Crippen MR) is 87.0 cm³/mol. The Balaban J connectivity index is 2.15. The van der Waals surface area contributed by atoms with Crippen LogP contribution in [0.4, 0.5) is 0 Å². The van der Waals surface area contributed by atoms with Crippen LogP contribution in [-0.4, -0.2) is 12.6 Å². The van der Waals surface area contributed by atoms with Crippen LogP contribution in [0.5, 0.6) is 5.75 Å². The molecular weight excluding hydrogens is 290 g/mol. The molecule has 0 aliphatic heterocycles. The highest BCUT2D eigenvalue weighted by Gasteiger charge is 2.22. The van der Waals surface area contributed by atoms with Crippen LogP contribution >= 0.6 is 22.9 Å². The molecule has 2 unspecified atom stereocenters. The maximum atomic E-state index is 6.05. The summed E-state index contributed by atoms with van der Waals surface area (Å²) in [6.45, 7) is 7.25. The van der Waals surface area contributed by atoms with Crippen LogP contribution in [0, 0.1) is 6.92 Å². The van der Waals surface area contributed by atoms with Crippen LogP contribution in [0.3, 0.4) is 0 Å². The summed E-state index contributed by atoms with van der Waals surface area (Å²) in [6.07, 6.45) is 0.0331. The summed E-state index contributed by atoms with van der Waals surface area (Å²) < 4.78 is 6.05. The first-order chi connectivity index (χ1) is 9.61. The normalized spacial score (nSPS) is 14.0. The van der Waals surface area contributed by atoms with Crippen LogP contribution in [0.15, 0.2) is 35.7 Å². The average molecular weight is 310 g/mol. The molecular formula is C16H20ClNOS. The highest BCUT2D eigenvalue weighted by molar-refractivity contribution is 7.10. The van der Waals surface area contributed by atoms with Gasteiger partial charge in [-0.3, -0.25) is 0 Å². The molecule has 20 heavy (non-hydrogen) atoms. The number of hydrogen-bond acceptors (Lipinski definition) is 3. The third-order valence-electron chi connectivity index (χ3n) is 3.20. The number of likely N-dealkylation sites (N-methyl/N-ethyl adjacent to an activating group) is 1. The molecule has 0 spiro atoms. The molecule has 0 fully saturated rings. The third-order valence-corrected chi connectivity index (χ3v) is 4.53.